The highest BCUT2D eigenvalue weighted by atomic mass is 32.1. The van der Waals surface area contributed by atoms with Gasteiger partial charge < -0.3 is 9.47 Å². The Morgan fingerprint density at radius 1 is 1.15 bits per heavy atom. The molecule has 0 fully saturated rings. The average Bonchev–Trinajstić information content (AvgIpc) is 3.12. The predicted molar refractivity (Wildman–Crippen MR) is 130 cm³/mol. The second-order valence-corrected chi connectivity index (χ2v) is 8.37. The van der Waals surface area contributed by atoms with E-state index in [9.17, 15) is 9.59 Å². The van der Waals surface area contributed by atoms with Crippen LogP contribution in [0.1, 0.15) is 31.0 Å². The highest BCUT2D eigenvalue weighted by molar-refractivity contribution is 7.07. The molecular formula is C26H24N2O4S. The van der Waals surface area contributed by atoms with Crippen LogP contribution in [-0.2, 0) is 9.53 Å². The highest BCUT2D eigenvalue weighted by Gasteiger charge is 2.30. The topological polar surface area (TPSA) is 69.9 Å². The highest BCUT2D eigenvalue weighted by Crippen LogP contribution is 2.26. The predicted octanol–water partition coefficient (Wildman–Crippen LogP) is 3.47. The molecule has 2 aromatic carbocycles. The Hall–Kier alpha value is -3.71. The summed E-state index contributed by atoms with van der Waals surface area (Å²) in [5, 5.41) is 0. The number of hydrogen-bond donors (Lipinski definition) is 0. The van der Waals surface area contributed by atoms with E-state index in [1.807, 2.05) is 66.7 Å². The molecule has 7 heteroatoms. The summed E-state index contributed by atoms with van der Waals surface area (Å²) >= 11 is 1.28. The third-order valence-corrected chi connectivity index (χ3v) is 6.24. The number of benzene rings is 2. The Kier molecular flexibility index (Phi) is 6.70. The van der Waals surface area contributed by atoms with Crippen LogP contribution >= 0.6 is 11.3 Å². The van der Waals surface area contributed by atoms with E-state index in [-0.39, 0.29) is 12.2 Å². The maximum Gasteiger partial charge on any atom is 0.338 e. The number of nitrogens with zero attached hydrogens (tertiary/aromatic N) is 2. The van der Waals surface area contributed by atoms with E-state index in [0.717, 1.165) is 11.1 Å². The van der Waals surface area contributed by atoms with Crippen LogP contribution < -0.4 is 19.6 Å². The first-order chi connectivity index (χ1) is 16.0. The fraction of sp³-hybridized carbons (Fsp3) is 0.192. The molecule has 1 aliphatic heterocycles. The van der Waals surface area contributed by atoms with E-state index >= 15 is 0 Å². The van der Waals surface area contributed by atoms with Gasteiger partial charge in [0.1, 0.15) is 5.75 Å². The van der Waals surface area contributed by atoms with Gasteiger partial charge >= 0.3 is 5.97 Å². The Labute approximate surface area is 195 Å². The van der Waals surface area contributed by atoms with Crippen LogP contribution in [0.5, 0.6) is 5.75 Å². The second-order valence-electron chi connectivity index (χ2n) is 7.36. The Balaban J connectivity index is 1.89. The molecule has 1 aromatic heterocycles. The Morgan fingerprint density at radius 3 is 2.61 bits per heavy atom. The van der Waals surface area contributed by atoms with Gasteiger partial charge in [-0.15, -0.1) is 0 Å². The summed E-state index contributed by atoms with van der Waals surface area (Å²) in [5.74, 6) is 0.202. The number of carbonyl (C=O) groups is 1. The lowest BCUT2D eigenvalue weighted by Gasteiger charge is -2.21. The van der Waals surface area contributed by atoms with E-state index in [4.69, 9.17) is 9.47 Å². The van der Waals surface area contributed by atoms with Crippen LogP contribution in [0.25, 0.3) is 12.2 Å². The standard InChI is InChI=1S/C26H24N2O4S/c1-4-32-25(30)23-17(2)27-26-28(20(23)15-14-18-10-6-5-7-11-18)24(29)22(33-26)16-19-12-8-9-13-21(19)31-3/h5-16,20H,4H2,1-3H3/b15-14+,22-16-/t20-/m0/s1. The van der Waals surface area contributed by atoms with Crippen molar-refractivity contribution in [2.24, 2.45) is 4.99 Å². The monoisotopic (exact) mass is 460 g/mol. The van der Waals surface area contributed by atoms with Crippen LogP contribution in [0.3, 0.4) is 0 Å². The van der Waals surface area contributed by atoms with Crippen LogP contribution in [0.4, 0.5) is 0 Å². The molecule has 0 saturated heterocycles. The minimum absolute atomic E-state index is 0.221. The number of aromatic nitrogens is 1. The van der Waals surface area contributed by atoms with E-state index in [1.165, 1.54) is 11.3 Å². The lowest BCUT2D eigenvalue weighted by atomic mass is 10.0. The van der Waals surface area contributed by atoms with E-state index < -0.39 is 12.0 Å². The van der Waals surface area contributed by atoms with Gasteiger partial charge in [0, 0.05) is 5.56 Å². The van der Waals surface area contributed by atoms with Crippen molar-refractivity contribution in [1.82, 2.24) is 4.57 Å². The van der Waals surface area contributed by atoms with Crippen molar-refractivity contribution in [3.63, 3.8) is 0 Å². The number of hydrogen-bond acceptors (Lipinski definition) is 6. The van der Waals surface area contributed by atoms with Gasteiger partial charge in [-0.05, 0) is 31.6 Å². The van der Waals surface area contributed by atoms with Gasteiger partial charge in [0.2, 0.25) is 0 Å². The number of methoxy groups -OCH3 is 1. The fourth-order valence-corrected chi connectivity index (χ4v) is 4.76. The van der Waals surface area contributed by atoms with Gasteiger partial charge in [-0.25, -0.2) is 9.79 Å². The molecule has 0 spiro atoms. The molecule has 0 bridgehead atoms. The zero-order valence-electron chi connectivity index (χ0n) is 18.6. The van der Waals surface area contributed by atoms with E-state index in [2.05, 4.69) is 4.99 Å². The number of ether oxygens (including phenoxy) is 2. The van der Waals surface area contributed by atoms with Crippen LogP contribution in [0, 0.1) is 0 Å². The summed E-state index contributed by atoms with van der Waals surface area (Å²) in [5.41, 5.74) is 2.44. The number of carbonyl (C=O) groups excluding carboxylic acids is 1. The van der Waals surface area contributed by atoms with Crippen molar-refractivity contribution in [3.8, 4) is 5.75 Å². The third-order valence-electron chi connectivity index (χ3n) is 5.26. The van der Waals surface area contributed by atoms with Gasteiger partial charge in [0.25, 0.3) is 5.56 Å². The number of esters is 1. The SMILES string of the molecule is CCOC(=O)C1=C(C)N=c2s/c(=C\c3ccccc3OC)c(=O)n2[C@H]1/C=C/c1ccccc1. The van der Waals surface area contributed by atoms with Crippen molar-refractivity contribution in [3.05, 3.63) is 103 Å². The first-order valence-corrected chi connectivity index (χ1v) is 11.4. The molecule has 0 unspecified atom stereocenters. The molecule has 33 heavy (non-hydrogen) atoms. The van der Waals surface area contributed by atoms with Crippen molar-refractivity contribution in [2.75, 3.05) is 13.7 Å². The molecular weight excluding hydrogens is 436 g/mol. The molecule has 1 aliphatic rings. The minimum atomic E-state index is -0.625. The summed E-state index contributed by atoms with van der Waals surface area (Å²) in [7, 11) is 1.59. The third kappa shape index (κ3) is 4.59. The Morgan fingerprint density at radius 2 is 1.88 bits per heavy atom. The Bertz CT molecular complexity index is 1410. The number of fused-ring (bicyclic) bond motifs is 1. The average molecular weight is 461 g/mol. The number of rotatable bonds is 6. The van der Waals surface area contributed by atoms with Crippen molar-refractivity contribution in [2.45, 2.75) is 19.9 Å². The van der Waals surface area contributed by atoms with Gasteiger partial charge in [-0.1, -0.05) is 72.0 Å². The van der Waals surface area contributed by atoms with E-state index in [1.54, 1.807) is 31.6 Å². The molecule has 0 aliphatic carbocycles. The van der Waals surface area contributed by atoms with Crippen LogP contribution in [0.15, 0.2) is 81.7 Å². The summed E-state index contributed by atoms with van der Waals surface area (Å²) in [4.78, 5) is 31.4. The lowest BCUT2D eigenvalue weighted by molar-refractivity contribution is -0.139. The van der Waals surface area contributed by atoms with Crippen molar-refractivity contribution < 1.29 is 14.3 Å². The van der Waals surface area contributed by atoms with Gasteiger partial charge in [0.05, 0.1) is 35.6 Å². The molecule has 6 nitrogen and oxygen atoms in total. The van der Waals surface area contributed by atoms with Crippen molar-refractivity contribution in [1.29, 1.82) is 0 Å². The van der Waals surface area contributed by atoms with Crippen LogP contribution in [-0.4, -0.2) is 24.3 Å². The first kappa shape index (κ1) is 22.5. The maximum absolute atomic E-state index is 13.5. The smallest absolute Gasteiger partial charge is 0.338 e. The van der Waals surface area contributed by atoms with Gasteiger partial charge in [-0.3, -0.25) is 9.36 Å². The van der Waals surface area contributed by atoms with Gasteiger partial charge in [0.15, 0.2) is 4.80 Å². The molecule has 1 atom stereocenters. The summed E-state index contributed by atoms with van der Waals surface area (Å²) in [6, 6.07) is 16.6. The molecule has 4 rings (SSSR count). The summed E-state index contributed by atoms with van der Waals surface area (Å²) in [6.07, 6.45) is 5.55. The molecule has 168 valence electrons. The quantitative estimate of drug-likeness (QED) is 0.528. The second kappa shape index (κ2) is 9.83. The van der Waals surface area contributed by atoms with E-state index in [0.29, 0.717) is 26.4 Å². The summed E-state index contributed by atoms with van der Waals surface area (Å²) < 4.78 is 12.8. The zero-order chi connectivity index (χ0) is 23.4. The lowest BCUT2D eigenvalue weighted by Crippen LogP contribution is -2.38. The summed E-state index contributed by atoms with van der Waals surface area (Å²) in [6.45, 7) is 3.76. The zero-order valence-corrected chi connectivity index (χ0v) is 19.5. The minimum Gasteiger partial charge on any atom is -0.496 e. The molecule has 0 amide bonds. The molecule has 0 saturated carbocycles. The normalized spacial score (nSPS) is 16.0. The molecule has 3 aromatic rings. The molecule has 0 radical (unpaired) electrons. The molecule has 2 heterocycles. The van der Waals surface area contributed by atoms with Gasteiger partial charge in [-0.2, -0.15) is 0 Å². The largest absolute Gasteiger partial charge is 0.496 e. The number of para-hydroxylation sites is 1. The number of allylic oxidation sites excluding steroid dienone is 2. The maximum atomic E-state index is 13.5. The van der Waals surface area contributed by atoms with Crippen molar-refractivity contribution >= 4 is 29.5 Å². The first-order valence-electron chi connectivity index (χ1n) is 10.6. The molecule has 0 N–H and O–H groups in total. The fourth-order valence-electron chi connectivity index (χ4n) is 3.71. The van der Waals surface area contributed by atoms with Crippen LogP contribution in [0.2, 0.25) is 0 Å². The number of thiazole rings is 1.